The van der Waals surface area contributed by atoms with Gasteiger partial charge in [-0.15, -0.1) is 11.3 Å². The molecular formula is C27H26F3N3O4S. The maximum atomic E-state index is 12.2. The number of nitrogens with one attached hydrogen (secondary N) is 1. The molecule has 0 radical (unpaired) electrons. The molecule has 1 saturated heterocycles. The van der Waals surface area contributed by atoms with Crippen molar-refractivity contribution in [2.24, 2.45) is 0 Å². The third-order valence-electron chi connectivity index (χ3n) is 5.74. The monoisotopic (exact) mass is 545 g/mol. The number of amides is 1. The predicted molar refractivity (Wildman–Crippen MR) is 137 cm³/mol. The van der Waals surface area contributed by atoms with Crippen LogP contribution in [0.2, 0.25) is 0 Å². The number of rotatable bonds is 6. The van der Waals surface area contributed by atoms with Gasteiger partial charge in [-0.2, -0.15) is 18.4 Å². The SMILES string of the molecule is Cc1cc(NC(=O)c2cccs2)ccc1OC1CCN(Cc2ccc(C#N)cc2)CC1.O=C(O)C(F)(F)F. The number of carboxylic acids is 1. The number of alkyl halides is 3. The van der Waals surface area contributed by atoms with E-state index in [1.165, 1.54) is 16.9 Å². The maximum absolute atomic E-state index is 12.2. The van der Waals surface area contributed by atoms with E-state index in [2.05, 4.69) is 16.3 Å². The molecule has 7 nitrogen and oxygen atoms in total. The Labute approximate surface area is 222 Å². The van der Waals surface area contributed by atoms with Crippen LogP contribution in [0.25, 0.3) is 0 Å². The molecular weight excluding hydrogens is 519 g/mol. The minimum atomic E-state index is -5.08. The number of carbonyl (C=O) groups is 2. The van der Waals surface area contributed by atoms with Crippen LogP contribution >= 0.6 is 11.3 Å². The number of benzene rings is 2. The number of hydrogen-bond acceptors (Lipinski definition) is 6. The number of hydrogen-bond donors (Lipinski definition) is 2. The first-order chi connectivity index (χ1) is 18.0. The van der Waals surface area contributed by atoms with E-state index in [4.69, 9.17) is 19.9 Å². The number of ether oxygens (including phenoxy) is 1. The highest BCUT2D eigenvalue weighted by Gasteiger charge is 2.38. The molecule has 2 heterocycles. The van der Waals surface area contributed by atoms with Gasteiger partial charge in [-0.25, -0.2) is 4.79 Å². The van der Waals surface area contributed by atoms with Crippen LogP contribution in [0.15, 0.2) is 60.0 Å². The van der Waals surface area contributed by atoms with E-state index >= 15 is 0 Å². The average molecular weight is 546 g/mol. The Morgan fingerprint density at radius 2 is 1.82 bits per heavy atom. The number of thiophene rings is 1. The van der Waals surface area contributed by atoms with E-state index in [-0.39, 0.29) is 12.0 Å². The van der Waals surface area contributed by atoms with Gasteiger partial charge in [-0.3, -0.25) is 9.69 Å². The standard InChI is InChI=1S/C25H25N3O2S.C2HF3O2/c1-18-15-21(27-25(29)24-3-2-14-31-24)8-9-23(18)30-22-10-12-28(13-11-22)17-20-6-4-19(16-26)5-7-20;3-2(4,5)1(6)7/h2-9,14-15,22H,10-13,17H2,1H3,(H,27,29);(H,6,7). The van der Waals surface area contributed by atoms with Crippen LogP contribution in [0.5, 0.6) is 5.75 Å². The lowest BCUT2D eigenvalue weighted by atomic mass is 10.1. The fourth-order valence-electron chi connectivity index (χ4n) is 3.77. The van der Waals surface area contributed by atoms with Crippen LogP contribution in [0.1, 0.15) is 39.2 Å². The fraction of sp³-hybridized carbons (Fsp3) is 0.296. The van der Waals surface area contributed by atoms with Crippen molar-refractivity contribution in [3.8, 4) is 11.8 Å². The lowest BCUT2D eigenvalue weighted by molar-refractivity contribution is -0.192. The van der Waals surface area contributed by atoms with Crippen LogP contribution in [-0.4, -0.2) is 47.3 Å². The summed E-state index contributed by atoms with van der Waals surface area (Å²) in [6, 6.07) is 19.5. The van der Waals surface area contributed by atoms with Crippen molar-refractivity contribution in [2.45, 2.75) is 38.6 Å². The molecule has 11 heteroatoms. The van der Waals surface area contributed by atoms with E-state index in [0.29, 0.717) is 10.4 Å². The molecule has 0 atom stereocenters. The second-order valence-corrected chi connectivity index (χ2v) is 9.56. The van der Waals surface area contributed by atoms with Gasteiger partial charge in [0.2, 0.25) is 0 Å². The van der Waals surface area contributed by atoms with Gasteiger partial charge >= 0.3 is 12.1 Å². The van der Waals surface area contributed by atoms with Crippen LogP contribution in [0.3, 0.4) is 0 Å². The summed E-state index contributed by atoms with van der Waals surface area (Å²) in [5.74, 6) is -1.97. The molecule has 1 aromatic heterocycles. The summed E-state index contributed by atoms with van der Waals surface area (Å²) < 4.78 is 38.0. The third-order valence-corrected chi connectivity index (χ3v) is 6.61. The minimum absolute atomic E-state index is 0.0855. The number of nitrogens with zero attached hydrogens (tertiary/aromatic N) is 2. The van der Waals surface area contributed by atoms with Gasteiger partial charge in [-0.1, -0.05) is 18.2 Å². The Kier molecular flexibility index (Phi) is 9.87. The second-order valence-electron chi connectivity index (χ2n) is 8.62. The smallest absolute Gasteiger partial charge is 0.490 e. The Morgan fingerprint density at radius 3 is 2.34 bits per heavy atom. The zero-order chi connectivity index (χ0) is 27.7. The third kappa shape index (κ3) is 8.61. The lowest BCUT2D eigenvalue weighted by Gasteiger charge is -2.32. The van der Waals surface area contributed by atoms with Gasteiger partial charge in [-0.05, 0) is 72.7 Å². The van der Waals surface area contributed by atoms with Gasteiger partial charge in [0.25, 0.3) is 5.91 Å². The normalized spacial score (nSPS) is 14.1. The Morgan fingerprint density at radius 1 is 1.16 bits per heavy atom. The molecule has 200 valence electrons. The van der Waals surface area contributed by atoms with Crippen LogP contribution in [0.4, 0.5) is 18.9 Å². The number of nitriles is 1. The Balaban J connectivity index is 0.000000505. The predicted octanol–water partition coefficient (Wildman–Crippen LogP) is 5.86. The van der Waals surface area contributed by atoms with Gasteiger partial charge in [0.1, 0.15) is 11.9 Å². The van der Waals surface area contributed by atoms with Gasteiger partial charge in [0.05, 0.1) is 16.5 Å². The van der Waals surface area contributed by atoms with E-state index in [0.717, 1.165) is 49.5 Å². The number of anilines is 1. The molecule has 1 amide bonds. The number of piperidine rings is 1. The fourth-order valence-corrected chi connectivity index (χ4v) is 4.39. The summed E-state index contributed by atoms with van der Waals surface area (Å²) in [6.07, 6.45) is -2.93. The van der Waals surface area contributed by atoms with E-state index in [1.807, 2.05) is 66.9 Å². The molecule has 0 saturated carbocycles. The lowest BCUT2D eigenvalue weighted by Crippen LogP contribution is -2.37. The number of aryl methyl sites for hydroxylation is 1. The van der Waals surface area contributed by atoms with Crippen LogP contribution in [0, 0.1) is 18.3 Å². The molecule has 1 aliphatic heterocycles. The van der Waals surface area contributed by atoms with E-state index in [9.17, 15) is 18.0 Å². The first-order valence-electron chi connectivity index (χ1n) is 11.7. The highest BCUT2D eigenvalue weighted by Crippen LogP contribution is 2.26. The summed E-state index contributed by atoms with van der Waals surface area (Å²) in [7, 11) is 0. The van der Waals surface area contributed by atoms with Crippen molar-refractivity contribution < 1.29 is 32.6 Å². The highest BCUT2D eigenvalue weighted by molar-refractivity contribution is 7.12. The van der Waals surface area contributed by atoms with E-state index in [1.54, 1.807) is 0 Å². The number of aliphatic carboxylic acids is 1. The van der Waals surface area contributed by atoms with E-state index < -0.39 is 12.1 Å². The molecule has 1 fully saturated rings. The molecule has 1 aliphatic rings. The number of halogens is 3. The Hall–Kier alpha value is -3.88. The number of carboxylic acid groups (broad SMARTS) is 1. The van der Waals surface area contributed by atoms with Crippen LogP contribution in [-0.2, 0) is 11.3 Å². The second kappa shape index (κ2) is 13.1. The van der Waals surface area contributed by atoms with Crippen LogP contribution < -0.4 is 10.1 Å². The van der Waals surface area contributed by atoms with Crippen molar-refractivity contribution in [3.05, 3.63) is 81.5 Å². The first kappa shape index (κ1) is 28.7. The summed E-state index contributed by atoms with van der Waals surface area (Å²) in [4.78, 5) is 24.3. The zero-order valence-electron chi connectivity index (χ0n) is 20.5. The summed E-state index contributed by atoms with van der Waals surface area (Å²) in [6.45, 7) is 4.88. The quantitative estimate of drug-likeness (QED) is 0.403. The molecule has 4 rings (SSSR count). The zero-order valence-corrected chi connectivity index (χ0v) is 21.3. The number of carbonyl (C=O) groups excluding carboxylic acids is 1. The molecule has 0 spiro atoms. The molecule has 38 heavy (non-hydrogen) atoms. The maximum Gasteiger partial charge on any atom is 0.490 e. The Bertz CT molecular complexity index is 1260. The molecule has 0 bridgehead atoms. The average Bonchev–Trinajstić information content (AvgIpc) is 3.42. The first-order valence-corrected chi connectivity index (χ1v) is 12.6. The van der Waals surface area contributed by atoms with Gasteiger partial charge in [0, 0.05) is 25.3 Å². The molecule has 2 N–H and O–H groups in total. The molecule has 3 aromatic rings. The summed E-state index contributed by atoms with van der Waals surface area (Å²) in [5.41, 5.74) is 3.72. The van der Waals surface area contributed by atoms with Crippen molar-refractivity contribution in [1.82, 2.24) is 4.90 Å². The van der Waals surface area contributed by atoms with Gasteiger partial charge < -0.3 is 15.2 Å². The largest absolute Gasteiger partial charge is 0.490 e. The van der Waals surface area contributed by atoms with Crippen molar-refractivity contribution in [1.29, 1.82) is 5.26 Å². The van der Waals surface area contributed by atoms with Gasteiger partial charge in [0.15, 0.2) is 0 Å². The van der Waals surface area contributed by atoms with Crippen molar-refractivity contribution in [3.63, 3.8) is 0 Å². The van der Waals surface area contributed by atoms with Crippen molar-refractivity contribution in [2.75, 3.05) is 18.4 Å². The summed E-state index contributed by atoms with van der Waals surface area (Å²) >= 11 is 1.43. The molecule has 0 aliphatic carbocycles. The minimum Gasteiger partial charge on any atom is -0.490 e. The molecule has 2 aromatic carbocycles. The summed E-state index contributed by atoms with van der Waals surface area (Å²) in [5, 5.41) is 20.9. The topological polar surface area (TPSA) is 103 Å². The molecule has 0 unspecified atom stereocenters. The van der Waals surface area contributed by atoms with Crippen molar-refractivity contribution >= 4 is 28.9 Å². The number of likely N-dealkylation sites (tertiary alicyclic amines) is 1. The highest BCUT2D eigenvalue weighted by atomic mass is 32.1.